The maximum atomic E-state index is 13.6. The summed E-state index contributed by atoms with van der Waals surface area (Å²) >= 11 is 1.13. The first-order chi connectivity index (χ1) is 12.9. The normalized spacial score (nSPS) is 12.1. The van der Waals surface area contributed by atoms with Crippen LogP contribution in [0.1, 0.15) is 37.3 Å². The number of nitrogens with zero attached hydrogens (tertiary/aromatic N) is 4. The lowest BCUT2D eigenvalue weighted by Crippen LogP contribution is -2.23. The molecule has 0 aliphatic heterocycles. The Morgan fingerprint density at radius 3 is 2.78 bits per heavy atom. The molecular formula is C18H19FN4O3S. The van der Waals surface area contributed by atoms with Crippen LogP contribution in [0, 0.1) is 5.82 Å². The number of carbonyl (C=O) groups is 2. The third-order valence-electron chi connectivity index (χ3n) is 3.79. The van der Waals surface area contributed by atoms with Gasteiger partial charge in [0.2, 0.25) is 0 Å². The second-order valence-corrected chi connectivity index (χ2v) is 7.09. The number of hydrogen-bond acceptors (Lipinski definition) is 5. The van der Waals surface area contributed by atoms with Crippen molar-refractivity contribution in [3.8, 4) is 0 Å². The van der Waals surface area contributed by atoms with Crippen LogP contribution in [0.5, 0.6) is 0 Å². The third kappa shape index (κ3) is 4.13. The number of carbonyl (C=O) groups excluding carboxylic acids is 2. The highest BCUT2D eigenvalue weighted by atomic mass is 32.1. The summed E-state index contributed by atoms with van der Waals surface area (Å²) in [6.45, 7) is 5.74. The molecule has 0 unspecified atom stereocenters. The molecule has 3 aromatic rings. The number of rotatable bonds is 5. The molecule has 0 radical (unpaired) electrons. The first kappa shape index (κ1) is 19.0. The molecule has 1 amide bonds. The third-order valence-corrected chi connectivity index (χ3v) is 4.83. The number of ether oxygens (including phenoxy) is 1. The Bertz CT molecular complexity index is 1060. The van der Waals surface area contributed by atoms with Gasteiger partial charge in [-0.05, 0) is 45.0 Å². The topological polar surface area (TPSA) is 78.5 Å². The summed E-state index contributed by atoms with van der Waals surface area (Å²) in [5, 5.41) is 4.21. The molecule has 0 atom stereocenters. The molecule has 2 aromatic heterocycles. The van der Waals surface area contributed by atoms with Crippen LogP contribution in [0.4, 0.5) is 4.39 Å². The summed E-state index contributed by atoms with van der Waals surface area (Å²) in [7, 11) is 0. The predicted molar refractivity (Wildman–Crippen MR) is 98.9 cm³/mol. The number of aromatic nitrogens is 3. The van der Waals surface area contributed by atoms with Gasteiger partial charge in [0.15, 0.2) is 10.5 Å². The second-order valence-electron chi connectivity index (χ2n) is 6.08. The molecule has 3 rings (SSSR count). The van der Waals surface area contributed by atoms with E-state index in [0.717, 1.165) is 11.3 Å². The van der Waals surface area contributed by atoms with Crippen molar-refractivity contribution >= 4 is 33.4 Å². The van der Waals surface area contributed by atoms with Crippen LogP contribution in [0.15, 0.2) is 35.5 Å². The lowest BCUT2D eigenvalue weighted by atomic mass is 10.3. The largest absolute Gasteiger partial charge is 0.465 e. The highest BCUT2D eigenvalue weighted by molar-refractivity contribution is 7.16. The molecule has 0 fully saturated rings. The average Bonchev–Trinajstić information content (AvgIpc) is 3.21. The van der Waals surface area contributed by atoms with Gasteiger partial charge < -0.3 is 9.30 Å². The molecule has 2 heterocycles. The maximum Gasteiger partial charge on any atom is 0.326 e. The summed E-state index contributed by atoms with van der Waals surface area (Å²) < 4.78 is 22.3. The Hall–Kier alpha value is -2.81. The molecule has 27 heavy (non-hydrogen) atoms. The molecule has 0 aliphatic carbocycles. The molecule has 0 spiro atoms. The fraction of sp³-hybridized carbons (Fsp3) is 0.333. The Morgan fingerprint density at radius 1 is 1.33 bits per heavy atom. The zero-order chi connectivity index (χ0) is 19.6. The van der Waals surface area contributed by atoms with Gasteiger partial charge in [0, 0.05) is 12.2 Å². The quantitative estimate of drug-likeness (QED) is 0.628. The van der Waals surface area contributed by atoms with Gasteiger partial charge >= 0.3 is 5.97 Å². The van der Waals surface area contributed by atoms with Gasteiger partial charge in [-0.2, -0.15) is 10.1 Å². The fourth-order valence-corrected chi connectivity index (χ4v) is 3.56. The summed E-state index contributed by atoms with van der Waals surface area (Å²) in [6, 6.07) is 5.91. The Labute approximate surface area is 158 Å². The second kappa shape index (κ2) is 7.83. The number of fused-ring (bicyclic) bond motifs is 1. The van der Waals surface area contributed by atoms with Crippen molar-refractivity contribution in [2.45, 2.75) is 33.4 Å². The highest BCUT2D eigenvalue weighted by Gasteiger charge is 2.15. The highest BCUT2D eigenvalue weighted by Crippen LogP contribution is 2.19. The smallest absolute Gasteiger partial charge is 0.326 e. The van der Waals surface area contributed by atoms with Crippen molar-refractivity contribution in [3.05, 3.63) is 46.8 Å². The SMILES string of the molecule is CCOC(=O)Cn1c(=NC(=O)c2ccn(C(C)C)n2)sc2cc(F)ccc21. The Kier molecular flexibility index (Phi) is 5.50. The fourth-order valence-electron chi connectivity index (χ4n) is 2.50. The molecule has 0 saturated carbocycles. The molecule has 0 N–H and O–H groups in total. The number of thiazole rings is 1. The monoisotopic (exact) mass is 390 g/mol. The number of hydrogen-bond donors (Lipinski definition) is 0. The van der Waals surface area contributed by atoms with Crippen LogP contribution in [0.3, 0.4) is 0 Å². The van der Waals surface area contributed by atoms with Gasteiger partial charge in [-0.15, -0.1) is 0 Å². The summed E-state index contributed by atoms with van der Waals surface area (Å²) in [5.41, 5.74) is 0.809. The van der Waals surface area contributed by atoms with Gasteiger partial charge in [0.05, 0.1) is 16.8 Å². The van der Waals surface area contributed by atoms with Gasteiger partial charge in [-0.1, -0.05) is 11.3 Å². The van der Waals surface area contributed by atoms with E-state index in [9.17, 15) is 14.0 Å². The van der Waals surface area contributed by atoms with Crippen LogP contribution < -0.4 is 4.80 Å². The van der Waals surface area contributed by atoms with E-state index in [1.807, 2.05) is 13.8 Å². The van der Waals surface area contributed by atoms with E-state index in [1.165, 1.54) is 12.1 Å². The van der Waals surface area contributed by atoms with Crippen molar-refractivity contribution in [1.82, 2.24) is 14.3 Å². The van der Waals surface area contributed by atoms with Gasteiger partial charge in [0.25, 0.3) is 5.91 Å². The van der Waals surface area contributed by atoms with E-state index in [0.29, 0.717) is 10.2 Å². The number of amides is 1. The van der Waals surface area contributed by atoms with Crippen LogP contribution in [-0.4, -0.2) is 32.8 Å². The van der Waals surface area contributed by atoms with E-state index in [4.69, 9.17) is 4.74 Å². The summed E-state index contributed by atoms with van der Waals surface area (Å²) in [5.74, 6) is -1.39. The lowest BCUT2D eigenvalue weighted by molar-refractivity contribution is -0.143. The van der Waals surface area contributed by atoms with Gasteiger partial charge in [-0.3, -0.25) is 14.3 Å². The van der Waals surface area contributed by atoms with Crippen LogP contribution >= 0.6 is 11.3 Å². The zero-order valence-corrected chi connectivity index (χ0v) is 16.0. The van der Waals surface area contributed by atoms with Crippen molar-refractivity contribution in [2.24, 2.45) is 4.99 Å². The van der Waals surface area contributed by atoms with E-state index in [1.54, 1.807) is 34.5 Å². The predicted octanol–water partition coefficient (Wildman–Crippen LogP) is 2.92. The number of esters is 1. The van der Waals surface area contributed by atoms with Crippen LogP contribution in [0.2, 0.25) is 0 Å². The molecule has 0 bridgehead atoms. The first-order valence-electron chi connectivity index (χ1n) is 8.47. The van der Waals surface area contributed by atoms with Crippen molar-refractivity contribution in [3.63, 3.8) is 0 Å². The summed E-state index contributed by atoms with van der Waals surface area (Å²) in [4.78, 5) is 28.9. The molecule has 1 aromatic carbocycles. The molecule has 0 aliphatic rings. The number of halogens is 1. The minimum absolute atomic E-state index is 0.118. The van der Waals surface area contributed by atoms with Crippen molar-refractivity contribution < 1.29 is 18.7 Å². The molecule has 142 valence electrons. The molecule has 7 nitrogen and oxygen atoms in total. The number of benzene rings is 1. The first-order valence-corrected chi connectivity index (χ1v) is 9.29. The van der Waals surface area contributed by atoms with E-state index < -0.39 is 17.7 Å². The average molecular weight is 390 g/mol. The van der Waals surface area contributed by atoms with Crippen LogP contribution in [0.25, 0.3) is 10.2 Å². The zero-order valence-electron chi connectivity index (χ0n) is 15.2. The summed E-state index contributed by atoms with van der Waals surface area (Å²) in [6.07, 6.45) is 1.71. The van der Waals surface area contributed by atoms with E-state index in [2.05, 4.69) is 10.1 Å². The Balaban J connectivity index is 2.06. The van der Waals surface area contributed by atoms with E-state index >= 15 is 0 Å². The van der Waals surface area contributed by atoms with Crippen molar-refractivity contribution in [2.75, 3.05) is 6.61 Å². The Morgan fingerprint density at radius 2 is 2.11 bits per heavy atom. The minimum atomic E-state index is -0.529. The van der Waals surface area contributed by atoms with Crippen LogP contribution in [-0.2, 0) is 16.1 Å². The van der Waals surface area contributed by atoms with E-state index in [-0.39, 0.29) is 29.7 Å². The van der Waals surface area contributed by atoms with Gasteiger partial charge in [-0.25, -0.2) is 4.39 Å². The molecular weight excluding hydrogens is 371 g/mol. The molecule has 0 saturated heterocycles. The minimum Gasteiger partial charge on any atom is -0.465 e. The maximum absolute atomic E-state index is 13.6. The lowest BCUT2D eigenvalue weighted by Gasteiger charge is -2.05. The molecule has 9 heteroatoms. The van der Waals surface area contributed by atoms with Crippen molar-refractivity contribution in [1.29, 1.82) is 0 Å². The standard InChI is InChI=1S/C18H19FN4O3S/c1-4-26-16(24)10-22-14-6-5-12(19)9-15(14)27-18(22)20-17(25)13-7-8-23(21-13)11(2)3/h5-9,11H,4,10H2,1-3H3. The van der Waals surface area contributed by atoms with Gasteiger partial charge in [0.1, 0.15) is 12.4 Å².